The van der Waals surface area contributed by atoms with E-state index in [1.165, 1.54) is 49.5 Å². The average Bonchev–Trinajstić information content (AvgIpc) is 2.88. The van der Waals surface area contributed by atoms with E-state index in [9.17, 15) is 18.0 Å². The third-order valence-electron chi connectivity index (χ3n) is 5.38. The Labute approximate surface area is 217 Å². The van der Waals surface area contributed by atoms with Crippen LogP contribution in [0, 0.1) is 0 Å². The standard InChI is InChI=1S/C27H30N4O5S/c1-3-4-5-6-7-11-27(33)36-25-17-14-22(19-24(25)20(2)32)30-29-21-12-15-23(16-13-21)37(34,35)31-26-10-8-9-18-28-26/h8-10,12-19H,3-7,11H2,1-2H3,(H,28,31). The fourth-order valence-corrected chi connectivity index (χ4v) is 4.43. The largest absolute Gasteiger partial charge is 0.426 e. The number of hydrogen-bond donors (Lipinski definition) is 1. The molecule has 194 valence electrons. The van der Waals surface area contributed by atoms with E-state index in [4.69, 9.17) is 4.74 Å². The second-order valence-electron chi connectivity index (χ2n) is 8.39. The fourth-order valence-electron chi connectivity index (χ4n) is 3.42. The van der Waals surface area contributed by atoms with Crippen molar-refractivity contribution in [2.45, 2.75) is 57.3 Å². The molecule has 0 spiro atoms. The second kappa shape index (κ2) is 13.4. The van der Waals surface area contributed by atoms with Crippen LogP contribution < -0.4 is 9.46 Å². The van der Waals surface area contributed by atoms with E-state index in [-0.39, 0.29) is 33.8 Å². The molecule has 0 radical (unpaired) electrons. The van der Waals surface area contributed by atoms with Crippen molar-refractivity contribution in [1.82, 2.24) is 4.98 Å². The Morgan fingerprint density at radius 3 is 2.30 bits per heavy atom. The van der Waals surface area contributed by atoms with Crippen LogP contribution in [-0.4, -0.2) is 25.2 Å². The topological polar surface area (TPSA) is 127 Å². The van der Waals surface area contributed by atoms with Crippen LogP contribution in [0.3, 0.4) is 0 Å². The number of Topliss-reactive ketones (excluding diaryl/α,β-unsaturated/α-hetero) is 1. The van der Waals surface area contributed by atoms with Crippen molar-refractivity contribution in [2.24, 2.45) is 10.2 Å². The number of nitrogens with zero attached hydrogens (tertiary/aromatic N) is 3. The molecule has 3 aromatic rings. The monoisotopic (exact) mass is 522 g/mol. The summed E-state index contributed by atoms with van der Waals surface area (Å²) in [6, 6.07) is 15.4. The Balaban J connectivity index is 1.65. The van der Waals surface area contributed by atoms with Gasteiger partial charge < -0.3 is 4.74 Å². The number of ether oxygens (including phenoxy) is 1. The number of azo groups is 1. The third kappa shape index (κ3) is 8.60. The summed E-state index contributed by atoms with van der Waals surface area (Å²) in [5.41, 5.74) is 1.04. The van der Waals surface area contributed by atoms with E-state index < -0.39 is 10.0 Å². The SMILES string of the molecule is CCCCCCCC(=O)Oc1ccc(N=Nc2ccc(S(=O)(=O)Nc3ccccn3)cc2)cc1C(C)=O. The number of carbonyl (C=O) groups excluding carboxylic acids is 2. The molecule has 3 rings (SSSR count). The van der Waals surface area contributed by atoms with Gasteiger partial charge >= 0.3 is 5.97 Å². The fraction of sp³-hybridized carbons (Fsp3) is 0.296. The van der Waals surface area contributed by atoms with Crippen molar-refractivity contribution in [1.29, 1.82) is 0 Å². The Kier molecular flexibility index (Phi) is 10.0. The predicted octanol–water partition coefficient (Wildman–Crippen LogP) is 6.77. The number of esters is 1. The highest BCUT2D eigenvalue weighted by Crippen LogP contribution is 2.28. The van der Waals surface area contributed by atoms with Gasteiger partial charge in [0.2, 0.25) is 0 Å². The van der Waals surface area contributed by atoms with Gasteiger partial charge in [0, 0.05) is 12.6 Å². The van der Waals surface area contributed by atoms with Crippen molar-refractivity contribution >= 4 is 39.0 Å². The number of pyridine rings is 1. The van der Waals surface area contributed by atoms with Crippen LogP contribution >= 0.6 is 0 Å². The molecule has 0 bridgehead atoms. The zero-order chi connectivity index (χ0) is 26.7. The summed E-state index contributed by atoms with van der Waals surface area (Å²) in [6.07, 6.45) is 6.87. The summed E-state index contributed by atoms with van der Waals surface area (Å²) in [7, 11) is -3.80. The van der Waals surface area contributed by atoms with Gasteiger partial charge in [0.05, 0.1) is 21.8 Å². The molecule has 0 fully saturated rings. The maximum absolute atomic E-state index is 12.5. The van der Waals surface area contributed by atoms with Gasteiger partial charge in [-0.25, -0.2) is 13.4 Å². The number of hydrogen-bond acceptors (Lipinski definition) is 8. The number of rotatable bonds is 13. The van der Waals surface area contributed by atoms with Crippen molar-refractivity contribution in [3.05, 3.63) is 72.4 Å². The zero-order valence-corrected chi connectivity index (χ0v) is 21.7. The summed E-state index contributed by atoms with van der Waals surface area (Å²) >= 11 is 0. The lowest BCUT2D eigenvalue weighted by molar-refractivity contribution is -0.134. The Morgan fingerprint density at radius 2 is 1.62 bits per heavy atom. The highest BCUT2D eigenvalue weighted by molar-refractivity contribution is 7.92. The molecule has 0 aliphatic rings. The average molecular weight is 523 g/mol. The Morgan fingerprint density at radius 1 is 0.919 bits per heavy atom. The van der Waals surface area contributed by atoms with Crippen molar-refractivity contribution in [3.8, 4) is 5.75 Å². The molecule has 0 atom stereocenters. The van der Waals surface area contributed by atoms with Gasteiger partial charge in [-0.05, 0) is 67.9 Å². The molecular formula is C27H30N4O5S. The zero-order valence-electron chi connectivity index (χ0n) is 20.9. The molecule has 0 aliphatic heterocycles. The number of benzene rings is 2. The quantitative estimate of drug-likeness (QED) is 0.0868. The highest BCUT2D eigenvalue weighted by atomic mass is 32.2. The van der Waals surface area contributed by atoms with Gasteiger partial charge in [0.25, 0.3) is 10.0 Å². The van der Waals surface area contributed by atoms with Gasteiger partial charge in [-0.2, -0.15) is 10.2 Å². The molecule has 0 aliphatic carbocycles. The van der Waals surface area contributed by atoms with E-state index >= 15 is 0 Å². The van der Waals surface area contributed by atoms with Gasteiger partial charge in [-0.15, -0.1) is 0 Å². The van der Waals surface area contributed by atoms with Crippen molar-refractivity contribution in [2.75, 3.05) is 4.72 Å². The van der Waals surface area contributed by atoms with Crippen LogP contribution in [-0.2, 0) is 14.8 Å². The first-order chi connectivity index (χ1) is 17.8. The lowest BCUT2D eigenvalue weighted by atomic mass is 10.1. The first-order valence-corrected chi connectivity index (χ1v) is 13.6. The molecule has 0 amide bonds. The minimum atomic E-state index is -3.80. The Hall–Kier alpha value is -3.92. The number of nitrogens with one attached hydrogen (secondary N) is 1. The van der Waals surface area contributed by atoms with Crippen molar-refractivity contribution in [3.63, 3.8) is 0 Å². The number of unbranched alkanes of at least 4 members (excludes halogenated alkanes) is 4. The summed E-state index contributed by atoms with van der Waals surface area (Å²) < 4.78 is 32.9. The molecular weight excluding hydrogens is 492 g/mol. The highest BCUT2D eigenvalue weighted by Gasteiger charge is 2.15. The first kappa shape index (κ1) is 27.7. The van der Waals surface area contributed by atoms with E-state index in [2.05, 4.69) is 26.9 Å². The normalized spacial score (nSPS) is 11.4. The summed E-state index contributed by atoms with van der Waals surface area (Å²) in [6.45, 7) is 3.52. The second-order valence-corrected chi connectivity index (χ2v) is 10.1. The molecule has 1 aromatic heterocycles. The van der Waals surface area contributed by atoms with E-state index in [0.717, 1.165) is 32.1 Å². The van der Waals surface area contributed by atoms with E-state index in [1.807, 2.05) is 0 Å². The number of anilines is 1. The maximum atomic E-state index is 12.5. The third-order valence-corrected chi connectivity index (χ3v) is 6.75. The number of sulfonamides is 1. The van der Waals surface area contributed by atoms with Crippen molar-refractivity contribution < 1.29 is 22.7 Å². The first-order valence-electron chi connectivity index (χ1n) is 12.1. The predicted molar refractivity (Wildman–Crippen MR) is 141 cm³/mol. The molecule has 1 heterocycles. The summed E-state index contributed by atoms with van der Waals surface area (Å²) in [5.74, 6) is -0.229. The van der Waals surface area contributed by atoms with E-state index in [1.54, 1.807) is 24.3 Å². The summed E-state index contributed by atoms with van der Waals surface area (Å²) in [4.78, 5) is 28.3. The van der Waals surface area contributed by atoms with Gasteiger partial charge in [-0.3, -0.25) is 14.3 Å². The lowest BCUT2D eigenvalue weighted by Crippen LogP contribution is -2.13. The molecule has 2 aromatic carbocycles. The van der Waals surface area contributed by atoms with Gasteiger partial charge in [-0.1, -0.05) is 38.7 Å². The van der Waals surface area contributed by atoms with Crippen LogP contribution in [0.2, 0.25) is 0 Å². The molecule has 0 unspecified atom stereocenters. The van der Waals surface area contributed by atoms with Crippen LogP contribution in [0.15, 0.2) is 82.0 Å². The van der Waals surface area contributed by atoms with E-state index in [0.29, 0.717) is 17.8 Å². The minimum absolute atomic E-state index is 0.0486. The molecule has 37 heavy (non-hydrogen) atoms. The smallest absolute Gasteiger partial charge is 0.311 e. The van der Waals surface area contributed by atoms with Crippen LogP contribution in [0.25, 0.3) is 0 Å². The van der Waals surface area contributed by atoms with Gasteiger partial charge in [0.15, 0.2) is 5.78 Å². The molecule has 0 saturated heterocycles. The molecule has 9 nitrogen and oxygen atoms in total. The molecule has 10 heteroatoms. The molecule has 1 N–H and O–H groups in total. The number of aromatic nitrogens is 1. The van der Waals surface area contributed by atoms with Crippen LogP contribution in [0.1, 0.15) is 62.7 Å². The summed E-state index contributed by atoms with van der Waals surface area (Å²) in [5, 5.41) is 8.25. The van der Waals surface area contributed by atoms with Gasteiger partial charge in [0.1, 0.15) is 11.6 Å². The van der Waals surface area contributed by atoms with Crippen LogP contribution in [0.4, 0.5) is 17.2 Å². The van der Waals surface area contributed by atoms with Crippen LogP contribution in [0.5, 0.6) is 5.75 Å². The Bertz CT molecular complexity index is 1340. The lowest BCUT2D eigenvalue weighted by Gasteiger charge is -2.09. The minimum Gasteiger partial charge on any atom is -0.426 e. The maximum Gasteiger partial charge on any atom is 0.311 e. The molecule has 0 saturated carbocycles. The number of ketones is 1. The number of carbonyl (C=O) groups is 2.